The minimum Gasteiger partial charge on any atom is -0.462 e. The van der Waals surface area contributed by atoms with E-state index in [1.54, 1.807) is 66.7 Å². The van der Waals surface area contributed by atoms with E-state index in [1.807, 2.05) is 0 Å². The molecule has 20 heteroatoms. The number of nitrogens with zero attached hydrogens (tertiary/aromatic N) is 8. The first-order chi connectivity index (χ1) is 23.9. The fraction of sp³-hybridized carbons (Fsp3) is 0.323. The number of carbonyl (C=O) groups is 3. The number of halogens is 2. The van der Waals surface area contributed by atoms with Gasteiger partial charge in [-0.05, 0) is 102 Å². The summed E-state index contributed by atoms with van der Waals surface area (Å²) in [5.74, 6) is -1.20. The maximum atomic E-state index is 13.6. The third kappa shape index (κ3) is 9.92. The normalized spacial score (nSPS) is 12.9. The fourth-order valence-corrected chi connectivity index (χ4v) is 4.41. The predicted molar refractivity (Wildman–Crippen MR) is 183 cm³/mol. The average Bonchev–Trinajstić information content (AvgIpc) is 3.00. The van der Waals surface area contributed by atoms with Gasteiger partial charge in [0.15, 0.2) is 0 Å². The average molecular weight is 744 g/mol. The lowest BCUT2D eigenvalue weighted by molar-refractivity contribution is 0.0523. The van der Waals surface area contributed by atoms with Crippen LogP contribution >= 0.6 is 23.2 Å². The molecule has 0 saturated heterocycles. The van der Waals surface area contributed by atoms with Crippen LogP contribution in [-0.4, -0.2) is 65.9 Å². The molecule has 2 amide bonds. The van der Waals surface area contributed by atoms with E-state index >= 15 is 0 Å². The van der Waals surface area contributed by atoms with Gasteiger partial charge < -0.3 is 23.7 Å². The molecule has 8 bridgehead atoms. The van der Waals surface area contributed by atoms with E-state index in [4.69, 9.17) is 46.9 Å². The number of fused-ring (bicyclic) bond motifs is 8. The zero-order valence-corrected chi connectivity index (χ0v) is 29.9. The van der Waals surface area contributed by atoms with Crippen LogP contribution in [0.2, 0.25) is 10.6 Å². The minimum absolute atomic E-state index is 0.00353. The topological polar surface area (TPSA) is 205 Å². The van der Waals surface area contributed by atoms with Crippen molar-refractivity contribution < 1.29 is 38.1 Å². The molecule has 51 heavy (non-hydrogen) atoms. The summed E-state index contributed by atoms with van der Waals surface area (Å²) in [5, 5.41) is 1.32. The Kier molecular flexibility index (Phi) is 10.5. The SMILES string of the molecule is CCOC(=O)c1cc2cc(c1)Oc1nc(Cl)nc(n1)NN(C(=O)OC(C)(C)C)c1cccc(c1)N(C(=O)OC(C)(C)C)Nc1nc(Cl)nc(n1)O2. The van der Waals surface area contributed by atoms with Gasteiger partial charge in [0.25, 0.3) is 0 Å². The summed E-state index contributed by atoms with van der Waals surface area (Å²) < 4.78 is 28.2. The molecule has 268 valence electrons. The molecule has 0 atom stereocenters. The Labute approximate surface area is 301 Å². The fourth-order valence-electron chi connectivity index (χ4n) is 4.11. The monoisotopic (exact) mass is 742 g/mol. The van der Waals surface area contributed by atoms with E-state index < -0.39 is 29.4 Å². The van der Waals surface area contributed by atoms with E-state index in [0.29, 0.717) is 0 Å². The Hall–Kier alpha value is -5.75. The molecule has 4 aromatic rings. The number of rotatable bonds is 2. The van der Waals surface area contributed by atoms with Crippen LogP contribution in [0.15, 0.2) is 42.5 Å². The molecular formula is C31H32Cl2N10O8. The second-order valence-electron chi connectivity index (χ2n) is 12.4. The number of ether oxygens (including phenoxy) is 5. The van der Waals surface area contributed by atoms with Crippen molar-refractivity contribution in [1.29, 1.82) is 0 Å². The summed E-state index contributed by atoms with van der Waals surface area (Å²) in [7, 11) is 0. The van der Waals surface area contributed by atoms with Crippen molar-refractivity contribution in [2.45, 2.75) is 59.7 Å². The van der Waals surface area contributed by atoms with Gasteiger partial charge in [-0.1, -0.05) is 6.07 Å². The number of hydrogen-bond donors (Lipinski definition) is 2. The Morgan fingerprint density at radius 1 is 0.706 bits per heavy atom. The molecule has 0 aliphatic carbocycles. The smallest absolute Gasteiger partial charge is 0.434 e. The summed E-state index contributed by atoms with van der Waals surface area (Å²) in [6.07, 6.45) is -1.77. The maximum absolute atomic E-state index is 13.6. The molecule has 0 fully saturated rings. The van der Waals surface area contributed by atoms with Crippen LogP contribution in [0.5, 0.6) is 23.5 Å². The number of esters is 1. The molecule has 0 radical (unpaired) electrons. The Bertz CT molecular complexity index is 1850. The van der Waals surface area contributed by atoms with E-state index in [1.165, 1.54) is 24.3 Å². The molecule has 1 aliphatic rings. The summed E-state index contributed by atoms with van der Waals surface area (Å²) in [4.78, 5) is 64.8. The Morgan fingerprint density at radius 3 is 1.57 bits per heavy atom. The van der Waals surface area contributed by atoms with Crippen LogP contribution < -0.4 is 30.3 Å². The third-order valence-electron chi connectivity index (χ3n) is 5.91. The zero-order valence-electron chi connectivity index (χ0n) is 28.3. The lowest BCUT2D eigenvalue weighted by atomic mass is 10.2. The van der Waals surface area contributed by atoms with Crippen LogP contribution in [0.1, 0.15) is 58.8 Å². The van der Waals surface area contributed by atoms with E-state index in [0.717, 1.165) is 10.0 Å². The van der Waals surface area contributed by atoms with Gasteiger partial charge in [-0.2, -0.15) is 39.9 Å². The molecule has 18 nitrogen and oxygen atoms in total. The van der Waals surface area contributed by atoms with Gasteiger partial charge in [-0.25, -0.2) is 14.4 Å². The molecule has 0 saturated carbocycles. The number of benzene rings is 2. The second-order valence-corrected chi connectivity index (χ2v) is 13.1. The zero-order chi connectivity index (χ0) is 37.1. The van der Waals surface area contributed by atoms with Gasteiger partial charge in [-0.3, -0.25) is 10.9 Å². The number of carbonyl (C=O) groups excluding carboxylic acids is 3. The third-order valence-corrected chi connectivity index (χ3v) is 6.24. The highest BCUT2D eigenvalue weighted by Crippen LogP contribution is 2.32. The molecule has 1 aliphatic heterocycles. The van der Waals surface area contributed by atoms with Crippen LogP contribution in [0.3, 0.4) is 0 Å². The van der Waals surface area contributed by atoms with Crippen molar-refractivity contribution in [3.8, 4) is 23.5 Å². The standard InChI is InChI=1S/C31H32Cl2N10O8/c1-8-47-21(44)16-12-19-15-20(13-16)49-27-37-23(33)35-25(39-27)41-43(29(46)51-31(5,6)7)18-11-9-10-17(14-18)42(28(45)50-30(2,3)4)40-24-34-22(32)36-26(38-24)48-19/h9-15H,8H2,1-7H3,(H,34,36,38,40)(H,35,37,39,41). The lowest BCUT2D eigenvalue weighted by Crippen LogP contribution is -2.42. The highest BCUT2D eigenvalue weighted by molar-refractivity contribution is 6.28. The quantitative estimate of drug-likeness (QED) is 0.157. The van der Waals surface area contributed by atoms with Gasteiger partial charge in [-0.15, -0.1) is 0 Å². The number of amides is 2. The van der Waals surface area contributed by atoms with E-state index in [2.05, 4.69) is 40.8 Å². The number of hydrazine groups is 2. The first-order valence-electron chi connectivity index (χ1n) is 15.2. The number of nitrogens with one attached hydrogen (secondary N) is 2. The molecule has 2 N–H and O–H groups in total. The van der Waals surface area contributed by atoms with Crippen LogP contribution in [0.4, 0.5) is 32.9 Å². The van der Waals surface area contributed by atoms with Gasteiger partial charge in [0.1, 0.15) is 22.7 Å². The van der Waals surface area contributed by atoms with Crippen molar-refractivity contribution in [1.82, 2.24) is 29.9 Å². The van der Waals surface area contributed by atoms with E-state index in [-0.39, 0.29) is 69.5 Å². The second kappa shape index (κ2) is 14.6. The summed E-state index contributed by atoms with van der Waals surface area (Å²) >= 11 is 12.5. The maximum Gasteiger partial charge on any atom is 0.434 e. The van der Waals surface area contributed by atoms with E-state index in [9.17, 15) is 14.4 Å². The minimum atomic E-state index is -0.934. The first-order valence-corrected chi connectivity index (χ1v) is 15.9. The number of aromatic nitrogens is 6. The molecule has 3 heterocycles. The van der Waals surface area contributed by atoms with Crippen molar-refractivity contribution in [2.75, 3.05) is 27.5 Å². The van der Waals surface area contributed by atoms with Crippen molar-refractivity contribution in [3.63, 3.8) is 0 Å². The molecule has 0 spiro atoms. The molecular weight excluding hydrogens is 711 g/mol. The van der Waals surface area contributed by atoms with Gasteiger partial charge in [0.2, 0.25) is 22.5 Å². The number of hydrogen-bond acceptors (Lipinski definition) is 16. The van der Waals surface area contributed by atoms with Crippen molar-refractivity contribution in [3.05, 3.63) is 58.6 Å². The number of anilines is 4. The highest BCUT2D eigenvalue weighted by atomic mass is 35.5. The van der Waals surface area contributed by atoms with Gasteiger partial charge in [0.05, 0.1) is 23.5 Å². The largest absolute Gasteiger partial charge is 0.462 e. The predicted octanol–water partition coefficient (Wildman–Crippen LogP) is 6.98. The lowest BCUT2D eigenvalue weighted by Gasteiger charge is -2.30. The molecule has 2 aromatic heterocycles. The summed E-state index contributed by atoms with van der Waals surface area (Å²) in [6.45, 7) is 11.8. The Balaban J connectivity index is 1.72. The van der Waals surface area contributed by atoms with Crippen LogP contribution in [0, 0.1) is 0 Å². The summed E-state index contributed by atoms with van der Waals surface area (Å²) in [6, 6.07) is 9.46. The van der Waals surface area contributed by atoms with Crippen LogP contribution in [-0.2, 0) is 14.2 Å². The Morgan fingerprint density at radius 2 is 1.16 bits per heavy atom. The molecule has 0 unspecified atom stereocenters. The van der Waals surface area contributed by atoms with Crippen LogP contribution in [0.25, 0.3) is 0 Å². The molecule has 5 rings (SSSR count). The first kappa shape index (κ1) is 36.5. The molecule has 2 aromatic carbocycles. The highest BCUT2D eigenvalue weighted by Gasteiger charge is 2.29. The van der Waals surface area contributed by atoms with Gasteiger partial charge >= 0.3 is 30.2 Å². The summed E-state index contributed by atoms with van der Waals surface area (Å²) in [5.41, 5.74) is 3.97. The van der Waals surface area contributed by atoms with Crippen molar-refractivity contribution in [2.24, 2.45) is 0 Å². The van der Waals surface area contributed by atoms with Gasteiger partial charge in [0, 0.05) is 6.07 Å². The van der Waals surface area contributed by atoms with Crippen molar-refractivity contribution >= 4 is 64.6 Å².